The predicted molar refractivity (Wildman–Crippen MR) is 108 cm³/mol. The van der Waals surface area contributed by atoms with Crippen molar-refractivity contribution in [3.8, 4) is 0 Å². The lowest BCUT2D eigenvalue weighted by atomic mass is 10.1. The van der Waals surface area contributed by atoms with Gasteiger partial charge in [-0.25, -0.2) is 13.1 Å². The number of fused-ring (bicyclic) bond motifs is 1. The molecule has 2 aromatic rings. The van der Waals surface area contributed by atoms with Gasteiger partial charge in [-0.3, -0.25) is 4.79 Å². The number of rotatable bonds is 6. The second-order valence-electron chi connectivity index (χ2n) is 7.47. The Hall–Kier alpha value is -2.18. The Morgan fingerprint density at radius 1 is 1.19 bits per heavy atom. The zero-order valence-corrected chi connectivity index (χ0v) is 16.8. The molecular weight excluding hydrogens is 360 g/mol. The highest BCUT2D eigenvalue weighted by molar-refractivity contribution is 7.89. The molecule has 1 heterocycles. The number of para-hydroxylation sites is 1. The van der Waals surface area contributed by atoms with Crippen molar-refractivity contribution < 1.29 is 13.2 Å². The number of hydrogen-bond acceptors (Lipinski definition) is 3. The molecule has 1 N–H and O–H groups in total. The van der Waals surface area contributed by atoms with Gasteiger partial charge in [0.05, 0.1) is 4.90 Å². The van der Waals surface area contributed by atoms with E-state index in [4.69, 9.17) is 0 Å². The van der Waals surface area contributed by atoms with Crippen molar-refractivity contribution in [1.82, 2.24) is 4.72 Å². The van der Waals surface area contributed by atoms with Crippen molar-refractivity contribution in [3.05, 3.63) is 59.7 Å². The van der Waals surface area contributed by atoms with Gasteiger partial charge in [0.15, 0.2) is 0 Å². The third-order valence-corrected chi connectivity index (χ3v) is 6.29. The minimum Gasteiger partial charge on any atom is -0.305 e. The Balaban J connectivity index is 1.84. The zero-order valence-electron chi connectivity index (χ0n) is 16.0. The topological polar surface area (TPSA) is 66.5 Å². The van der Waals surface area contributed by atoms with E-state index in [1.54, 1.807) is 17.0 Å². The van der Waals surface area contributed by atoms with E-state index in [-0.39, 0.29) is 16.8 Å². The first-order chi connectivity index (χ1) is 12.8. The summed E-state index contributed by atoms with van der Waals surface area (Å²) >= 11 is 0. The molecule has 1 atom stereocenters. The fraction of sp³-hybridized carbons (Fsp3) is 0.381. The standard InChI is InChI=1S/C21H26N2O3S/c1-15(2)11-12-22-27(25,26)19-9-6-8-18(14-19)21(24)23-16(3)13-17-7-4-5-10-20(17)23/h4-10,14-16,22H,11-13H2,1-3H3. The Kier molecular flexibility index (Phi) is 5.67. The van der Waals surface area contributed by atoms with Crippen LogP contribution >= 0.6 is 0 Å². The fourth-order valence-electron chi connectivity index (χ4n) is 3.38. The van der Waals surface area contributed by atoms with Crippen LogP contribution in [0.3, 0.4) is 0 Å². The summed E-state index contributed by atoms with van der Waals surface area (Å²) in [5, 5.41) is 0. The first-order valence-corrected chi connectivity index (χ1v) is 10.8. The van der Waals surface area contributed by atoms with E-state index in [9.17, 15) is 13.2 Å². The summed E-state index contributed by atoms with van der Waals surface area (Å²) in [6.07, 6.45) is 1.57. The van der Waals surface area contributed by atoms with Crippen LogP contribution in [0.25, 0.3) is 0 Å². The third kappa shape index (κ3) is 4.22. The van der Waals surface area contributed by atoms with Gasteiger partial charge in [0, 0.05) is 23.8 Å². The van der Waals surface area contributed by atoms with Crippen LogP contribution in [0.5, 0.6) is 0 Å². The number of carbonyl (C=O) groups is 1. The highest BCUT2D eigenvalue weighted by Gasteiger charge is 2.31. The molecule has 1 unspecified atom stereocenters. The Bertz CT molecular complexity index is 938. The zero-order chi connectivity index (χ0) is 19.6. The van der Waals surface area contributed by atoms with Crippen LogP contribution in [0.15, 0.2) is 53.4 Å². The van der Waals surface area contributed by atoms with Crippen molar-refractivity contribution in [2.24, 2.45) is 5.92 Å². The summed E-state index contributed by atoms with van der Waals surface area (Å²) in [6, 6.07) is 14.2. The lowest BCUT2D eigenvalue weighted by Crippen LogP contribution is -2.36. The summed E-state index contributed by atoms with van der Waals surface area (Å²) < 4.78 is 27.7. The lowest BCUT2D eigenvalue weighted by Gasteiger charge is -2.23. The maximum atomic E-state index is 13.1. The summed E-state index contributed by atoms with van der Waals surface area (Å²) in [5.74, 6) is 0.240. The summed E-state index contributed by atoms with van der Waals surface area (Å²) in [7, 11) is -3.63. The van der Waals surface area contributed by atoms with E-state index in [1.165, 1.54) is 12.1 Å². The van der Waals surface area contributed by atoms with Crippen LogP contribution in [0.2, 0.25) is 0 Å². The first-order valence-electron chi connectivity index (χ1n) is 9.31. The molecule has 0 saturated heterocycles. The number of nitrogens with zero attached hydrogens (tertiary/aromatic N) is 1. The third-order valence-electron chi connectivity index (χ3n) is 4.83. The van der Waals surface area contributed by atoms with Crippen molar-refractivity contribution in [3.63, 3.8) is 0 Å². The van der Waals surface area contributed by atoms with Crippen molar-refractivity contribution in [2.45, 2.75) is 44.6 Å². The molecule has 1 aliphatic heterocycles. The van der Waals surface area contributed by atoms with Gasteiger partial charge in [0.1, 0.15) is 0 Å². The number of anilines is 1. The van der Waals surface area contributed by atoms with E-state index >= 15 is 0 Å². The molecule has 1 aliphatic rings. The summed E-state index contributed by atoms with van der Waals surface area (Å²) in [4.78, 5) is 15.0. The molecule has 0 spiro atoms. The SMILES string of the molecule is CC(C)CCNS(=O)(=O)c1cccc(C(=O)N2c3ccccc3CC2C)c1. The average Bonchev–Trinajstić information content (AvgIpc) is 2.96. The van der Waals surface area contributed by atoms with Crippen LogP contribution in [-0.4, -0.2) is 26.9 Å². The Morgan fingerprint density at radius 3 is 2.67 bits per heavy atom. The van der Waals surface area contributed by atoms with Gasteiger partial charge in [-0.2, -0.15) is 0 Å². The van der Waals surface area contributed by atoms with Gasteiger partial charge in [0.2, 0.25) is 10.0 Å². The van der Waals surface area contributed by atoms with E-state index in [2.05, 4.69) is 4.72 Å². The van der Waals surface area contributed by atoms with Gasteiger partial charge in [-0.05, 0) is 55.5 Å². The molecule has 0 radical (unpaired) electrons. The minimum absolute atomic E-state index is 0.0410. The molecule has 5 nitrogen and oxygen atoms in total. The lowest BCUT2D eigenvalue weighted by molar-refractivity contribution is 0.0981. The highest BCUT2D eigenvalue weighted by Crippen LogP contribution is 2.33. The van der Waals surface area contributed by atoms with Crippen LogP contribution in [-0.2, 0) is 16.4 Å². The quantitative estimate of drug-likeness (QED) is 0.825. The molecule has 6 heteroatoms. The van der Waals surface area contributed by atoms with E-state index < -0.39 is 10.0 Å². The van der Waals surface area contributed by atoms with Crippen LogP contribution in [0.4, 0.5) is 5.69 Å². The number of amides is 1. The molecule has 0 fully saturated rings. The number of sulfonamides is 1. The number of carbonyl (C=O) groups excluding carboxylic acids is 1. The molecule has 144 valence electrons. The summed E-state index contributed by atoms with van der Waals surface area (Å²) in [6.45, 7) is 6.48. The first kappa shape index (κ1) is 19.6. The maximum Gasteiger partial charge on any atom is 0.258 e. The van der Waals surface area contributed by atoms with Gasteiger partial charge < -0.3 is 4.90 Å². The molecule has 0 aromatic heterocycles. The Labute approximate surface area is 161 Å². The second-order valence-corrected chi connectivity index (χ2v) is 9.23. The van der Waals surface area contributed by atoms with Gasteiger partial charge in [-0.15, -0.1) is 0 Å². The minimum atomic E-state index is -3.63. The average molecular weight is 387 g/mol. The predicted octanol–water partition coefficient (Wildman–Crippen LogP) is 3.60. The van der Waals surface area contributed by atoms with E-state index in [0.29, 0.717) is 18.0 Å². The van der Waals surface area contributed by atoms with Gasteiger partial charge >= 0.3 is 0 Å². The Morgan fingerprint density at radius 2 is 1.93 bits per heavy atom. The molecule has 1 amide bonds. The van der Waals surface area contributed by atoms with Crippen LogP contribution in [0.1, 0.15) is 43.1 Å². The molecule has 3 rings (SSSR count). The number of nitrogens with one attached hydrogen (secondary N) is 1. The maximum absolute atomic E-state index is 13.1. The van der Waals surface area contributed by atoms with Crippen molar-refractivity contribution in [1.29, 1.82) is 0 Å². The van der Waals surface area contributed by atoms with Crippen LogP contribution in [0, 0.1) is 5.92 Å². The largest absolute Gasteiger partial charge is 0.305 e. The normalized spacial score (nSPS) is 16.6. The number of hydrogen-bond donors (Lipinski definition) is 1. The molecule has 0 saturated carbocycles. The molecule has 2 aromatic carbocycles. The van der Waals surface area contributed by atoms with Crippen molar-refractivity contribution in [2.75, 3.05) is 11.4 Å². The fourth-order valence-corrected chi connectivity index (χ4v) is 4.47. The smallest absolute Gasteiger partial charge is 0.258 e. The highest BCUT2D eigenvalue weighted by atomic mass is 32.2. The molecule has 27 heavy (non-hydrogen) atoms. The molecule has 0 aliphatic carbocycles. The van der Waals surface area contributed by atoms with Crippen molar-refractivity contribution >= 4 is 21.6 Å². The monoisotopic (exact) mass is 386 g/mol. The second kappa shape index (κ2) is 7.82. The molecular formula is C21H26N2O3S. The number of benzene rings is 2. The van der Waals surface area contributed by atoms with Gasteiger partial charge in [0.25, 0.3) is 5.91 Å². The van der Waals surface area contributed by atoms with Gasteiger partial charge in [-0.1, -0.05) is 38.1 Å². The summed E-state index contributed by atoms with van der Waals surface area (Å²) in [5.41, 5.74) is 2.42. The molecule has 0 bridgehead atoms. The van der Waals surface area contributed by atoms with E-state index in [0.717, 1.165) is 24.1 Å². The van der Waals surface area contributed by atoms with Crippen LogP contribution < -0.4 is 9.62 Å². The van der Waals surface area contributed by atoms with E-state index in [1.807, 2.05) is 45.0 Å².